The number of carbonyl (C=O) groups excluding carboxylic acids is 4. The van der Waals surface area contributed by atoms with Gasteiger partial charge in [-0.25, -0.2) is 4.79 Å². The Balaban J connectivity index is 5.58. The van der Waals surface area contributed by atoms with Crippen molar-refractivity contribution in [2.75, 3.05) is 0 Å². The van der Waals surface area contributed by atoms with E-state index in [1.165, 1.54) is 0 Å². The molecule has 13 heteroatoms. The van der Waals surface area contributed by atoms with Crippen LogP contribution in [0.15, 0.2) is 0 Å². The van der Waals surface area contributed by atoms with Crippen LogP contribution in [0.1, 0.15) is 66.2 Å². The van der Waals surface area contributed by atoms with E-state index in [0.29, 0.717) is 6.42 Å². The van der Waals surface area contributed by atoms with Gasteiger partial charge in [0.15, 0.2) is 0 Å². The van der Waals surface area contributed by atoms with Crippen LogP contribution in [-0.4, -0.2) is 69.9 Å². The van der Waals surface area contributed by atoms with Gasteiger partial charge in [-0.2, -0.15) is 0 Å². The Morgan fingerprint density at radius 1 is 0.686 bits per heavy atom. The zero-order valence-electron chi connectivity index (χ0n) is 20.7. The van der Waals surface area contributed by atoms with Gasteiger partial charge < -0.3 is 37.6 Å². The van der Waals surface area contributed by atoms with Crippen LogP contribution in [0.4, 0.5) is 0 Å². The molecule has 0 aromatic heterocycles. The molecule has 0 saturated heterocycles. The first-order chi connectivity index (χ1) is 16.1. The van der Waals surface area contributed by atoms with Crippen molar-refractivity contribution in [2.45, 2.75) is 90.4 Å². The average Bonchev–Trinajstić information content (AvgIpc) is 2.71. The Morgan fingerprint density at radius 2 is 1.14 bits per heavy atom. The average molecular weight is 502 g/mol. The summed E-state index contributed by atoms with van der Waals surface area (Å²) in [5, 5.41) is 25.5. The molecular formula is C22H39N5O8. The molecule has 13 nitrogen and oxygen atoms in total. The number of hydrogen-bond acceptors (Lipinski definition) is 7. The summed E-state index contributed by atoms with van der Waals surface area (Å²) in [5.41, 5.74) is 10.9. The van der Waals surface area contributed by atoms with Gasteiger partial charge in [-0.3, -0.25) is 24.0 Å². The number of carboxylic acids is 2. The van der Waals surface area contributed by atoms with Crippen molar-refractivity contribution in [1.29, 1.82) is 0 Å². The van der Waals surface area contributed by atoms with Crippen LogP contribution in [0.5, 0.6) is 0 Å². The van der Waals surface area contributed by atoms with Crippen molar-refractivity contribution in [2.24, 2.45) is 23.3 Å². The van der Waals surface area contributed by atoms with E-state index in [-0.39, 0.29) is 37.5 Å². The van der Waals surface area contributed by atoms with Gasteiger partial charge in [-0.1, -0.05) is 27.7 Å². The molecule has 0 rings (SSSR count). The second kappa shape index (κ2) is 15.6. The molecule has 0 aromatic rings. The first-order valence-corrected chi connectivity index (χ1v) is 11.5. The van der Waals surface area contributed by atoms with Gasteiger partial charge in [0, 0.05) is 12.8 Å². The Morgan fingerprint density at radius 3 is 1.60 bits per heavy atom. The standard InChI is InChI=1S/C22H39N5O8/c1-11(2)9-13(23)19(31)27-16(10-12(3)4)21(33)25-14(6-8-18(29)30)20(32)26-15(22(34)35)5-7-17(24)28/h11-16H,5-10,23H2,1-4H3,(H2,24,28)(H,25,33)(H,26,32)(H,27,31)(H,29,30)(H,34,35)/t13-,14-,15-,16-/m0/s1. The third-order valence-corrected chi connectivity index (χ3v) is 4.98. The van der Waals surface area contributed by atoms with Gasteiger partial charge in [-0.05, 0) is 37.5 Å². The van der Waals surface area contributed by atoms with Crippen LogP contribution in [0.25, 0.3) is 0 Å². The van der Waals surface area contributed by atoms with Gasteiger partial charge in [0.1, 0.15) is 18.1 Å². The Labute approximate surface area is 204 Å². The molecule has 0 radical (unpaired) electrons. The minimum absolute atomic E-state index is 0.0242. The van der Waals surface area contributed by atoms with Crippen molar-refractivity contribution in [1.82, 2.24) is 16.0 Å². The fourth-order valence-electron chi connectivity index (χ4n) is 3.22. The molecule has 0 aliphatic heterocycles. The van der Waals surface area contributed by atoms with E-state index in [0.717, 1.165) is 0 Å². The van der Waals surface area contributed by atoms with Crippen LogP contribution in [-0.2, 0) is 28.8 Å². The lowest BCUT2D eigenvalue weighted by atomic mass is 10.00. The van der Waals surface area contributed by atoms with Crippen molar-refractivity contribution < 1.29 is 39.0 Å². The summed E-state index contributed by atoms with van der Waals surface area (Å²) in [4.78, 5) is 71.7. The van der Waals surface area contributed by atoms with Gasteiger partial charge in [0.25, 0.3) is 0 Å². The molecule has 35 heavy (non-hydrogen) atoms. The molecule has 0 aliphatic carbocycles. The zero-order chi connectivity index (χ0) is 27.3. The van der Waals surface area contributed by atoms with E-state index < -0.39 is 66.2 Å². The second-order valence-electron chi connectivity index (χ2n) is 9.32. The van der Waals surface area contributed by atoms with Crippen LogP contribution in [0.3, 0.4) is 0 Å². The first kappa shape index (κ1) is 31.8. The highest BCUT2D eigenvalue weighted by atomic mass is 16.4. The monoisotopic (exact) mass is 501 g/mol. The summed E-state index contributed by atoms with van der Waals surface area (Å²) in [6, 6.07) is -4.76. The number of primary amides is 1. The van der Waals surface area contributed by atoms with Gasteiger partial charge in [0.2, 0.25) is 23.6 Å². The number of rotatable bonds is 17. The van der Waals surface area contributed by atoms with Crippen LogP contribution in [0, 0.1) is 11.8 Å². The van der Waals surface area contributed by atoms with Crippen LogP contribution in [0.2, 0.25) is 0 Å². The molecule has 0 spiro atoms. The maximum absolute atomic E-state index is 13.0. The van der Waals surface area contributed by atoms with E-state index in [1.807, 2.05) is 27.7 Å². The van der Waals surface area contributed by atoms with Crippen molar-refractivity contribution >= 4 is 35.6 Å². The molecule has 0 aromatic carbocycles. The van der Waals surface area contributed by atoms with Gasteiger partial charge in [0.05, 0.1) is 6.04 Å². The van der Waals surface area contributed by atoms with E-state index in [2.05, 4.69) is 16.0 Å². The molecule has 0 unspecified atom stereocenters. The molecule has 0 saturated carbocycles. The maximum atomic E-state index is 13.0. The highest BCUT2D eigenvalue weighted by Gasteiger charge is 2.31. The summed E-state index contributed by atoms with van der Waals surface area (Å²) in [6.07, 6.45) is -0.788. The van der Waals surface area contributed by atoms with E-state index in [1.54, 1.807) is 0 Å². The molecule has 0 fully saturated rings. The predicted molar refractivity (Wildman–Crippen MR) is 126 cm³/mol. The fraction of sp³-hybridized carbons (Fsp3) is 0.727. The smallest absolute Gasteiger partial charge is 0.326 e. The molecule has 200 valence electrons. The fourth-order valence-corrected chi connectivity index (χ4v) is 3.22. The summed E-state index contributed by atoms with van der Waals surface area (Å²) >= 11 is 0. The molecule has 4 amide bonds. The minimum Gasteiger partial charge on any atom is -0.481 e. The maximum Gasteiger partial charge on any atom is 0.326 e. The van der Waals surface area contributed by atoms with Gasteiger partial charge >= 0.3 is 11.9 Å². The summed E-state index contributed by atoms with van der Waals surface area (Å²) in [7, 11) is 0. The van der Waals surface area contributed by atoms with Crippen molar-refractivity contribution in [3.63, 3.8) is 0 Å². The molecule has 0 aliphatic rings. The Hall–Kier alpha value is -3.22. The lowest BCUT2D eigenvalue weighted by Gasteiger charge is -2.26. The number of carboxylic acid groups (broad SMARTS) is 2. The van der Waals surface area contributed by atoms with Crippen molar-refractivity contribution in [3.05, 3.63) is 0 Å². The third kappa shape index (κ3) is 13.9. The minimum atomic E-state index is -1.47. The Bertz CT molecular complexity index is 771. The quantitative estimate of drug-likeness (QED) is 0.130. The van der Waals surface area contributed by atoms with E-state index >= 15 is 0 Å². The predicted octanol–water partition coefficient (Wildman–Crippen LogP) is -0.925. The van der Waals surface area contributed by atoms with E-state index in [9.17, 15) is 33.9 Å². The number of amides is 4. The van der Waals surface area contributed by atoms with Crippen molar-refractivity contribution in [3.8, 4) is 0 Å². The first-order valence-electron chi connectivity index (χ1n) is 11.5. The molecule has 0 heterocycles. The Kier molecular flexibility index (Phi) is 14.2. The lowest BCUT2D eigenvalue weighted by molar-refractivity contribution is -0.143. The summed E-state index contributed by atoms with van der Waals surface area (Å²) in [5.74, 6) is -5.51. The van der Waals surface area contributed by atoms with Gasteiger partial charge in [-0.15, -0.1) is 0 Å². The summed E-state index contributed by atoms with van der Waals surface area (Å²) in [6.45, 7) is 7.44. The number of hydrogen-bond donors (Lipinski definition) is 7. The topological polar surface area (TPSA) is 231 Å². The highest BCUT2D eigenvalue weighted by molar-refractivity contribution is 5.94. The van der Waals surface area contributed by atoms with Crippen LogP contribution >= 0.6 is 0 Å². The highest BCUT2D eigenvalue weighted by Crippen LogP contribution is 2.09. The third-order valence-electron chi connectivity index (χ3n) is 4.98. The largest absolute Gasteiger partial charge is 0.481 e. The SMILES string of the molecule is CC(C)C[C@H](NC(=O)[C@@H](N)CC(C)C)C(=O)N[C@@H](CCC(=O)O)C(=O)N[C@@H](CCC(N)=O)C(=O)O. The molecule has 9 N–H and O–H groups in total. The second-order valence-corrected chi connectivity index (χ2v) is 9.32. The molecule has 0 bridgehead atoms. The summed E-state index contributed by atoms with van der Waals surface area (Å²) < 4.78 is 0. The number of aliphatic carboxylic acids is 2. The van der Waals surface area contributed by atoms with Crippen LogP contribution < -0.4 is 27.4 Å². The zero-order valence-corrected chi connectivity index (χ0v) is 20.7. The number of carbonyl (C=O) groups is 6. The normalized spacial score (nSPS) is 14.5. The number of nitrogens with one attached hydrogen (secondary N) is 3. The number of nitrogens with two attached hydrogens (primary N) is 2. The lowest BCUT2D eigenvalue weighted by Crippen LogP contribution is -2.57. The molecule has 4 atom stereocenters. The molecular weight excluding hydrogens is 462 g/mol. The van der Waals surface area contributed by atoms with E-state index in [4.69, 9.17) is 16.6 Å².